The average Bonchev–Trinajstić information content (AvgIpc) is 3.19. The van der Waals surface area contributed by atoms with Gasteiger partial charge in [-0.3, -0.25) is 14.4 Å². The predicted molar refractivity (Wildman–Crippen MR) is 135 cm³/mol. The van der Waals surface area contributed by atoms with Crippen molar-refractivity contribution in [1.82, 2.24) is 24.3 Å². The fourth-order valence-electron chi connectivity index (χ4n) is 6.46. The van der Waals surface area contributed by atoms with Gasteiger partial charge in [0.2, 0.25) is 11.8 Å². The van der Waals surface area contributed by atoms with Gasteiger partial charge in [0.15, 0.2) is 0 Å². The Balaban J connectivity index is 1.43. The number of benzene rings is 1. The first-order valence-electron chi connectivity index (χ1n) is 12.8. The summed E-state index contributed by atoms with van der Waals surface area (Å²) in [5, 5.41) is 10.5. The molecule has 4 atom stereocenters. The van der Waals surface area contributed by atoms with Gasteiger partial charge in [-0.2, -0.15) is 0 Å². The Bertz CT molecular complexity index is 1420. The predicted octanol–water partition coefficient (Wildman–Crippen LogP) is 1.79. The lowest BCUT2D eigenvalue weighted by Gasteiger charge is -2.39. The van der Waals surface area contributed by atoms with Gasteiger partial charge in [0.25, 0.3) is 5.56 Å². The summed E-state index contributed by atoms with van der Waals surface area (Å²) in [7, 11) is 0. The molecule has 1 N–H and O–H groups in total. The summed E-state index contributed by atoms with van der Waals surface area (Å²) in [5.74, 6) is -1.24. The summed E-state index contributed by atoms with van der Waals surface area (Å²) in [6.07, 6.45) is 5.65. The zero-order valence-corrected chi connectivity index (χ0v) is 20.7. The molecule has 3 aromatic rings. The molecule has 0 radical (unpaired) electrons. The van der Waals surface area contributed by atoms with E-state index < -0.39 is 23.9 Å². The third kappa shape index (κ3) is 3.68. The third-order valence-electron chi connectivity index (χ3n) is 8.23. The molecule has 1 aromatic carbocycles. The van der Waals surface area contributed by atoms with E-state index in [4.69, 9.17) is 0 Å². The van der Waals surface area contributed by atoms with Crippen LogP contribution in [-0.2, 0) is 29.1 Å². The molecule has 0 spiro atoms. The van der Waals surface area contributed by atoms with Crippen LogP contribution in [0.2, 0.25) is 0 Å². The van der Waals surface area contributed by atoms with Crippen molar-refractivity contribution in [1.29, 1.82) is 0 Å². The number of amides is 2. The molecule has 2 amide bonds. The second-order valence-corrected chi connectivity index (χ2v) is 10.0. The minimum atomic E-state index is -0.630. The number of pyridine rings is 1. The Morgan fingerprint density at radius 3 is 2.57 bits per heavy atom. The number of carbonyl (C=O) groups excluding carboxylic acids is 2. The first-order chi connectivity index (χ1) is 18.0. The number of carbonyl (C=O) groups is 2. The summed E-state index contributed by atoms with van der Waals surface area (Å²) in [6, 6.07) is 10.6. The fraction of sp³-hybridized carbons (Fsp3) is 0.393. The molecule has 0 saturated carbocycles. The van der Waals surface area contributed by atoms with E-state index >= 15 is 0 Å². The number of fused-ring (bicyclic) bond motifs is 5. The minimum absolute atomic E-state index is 0.0728. The number of rotatable bonds is 4. The lowest BCUT2D eigenvalue weighted by Crippen LogP contribution is -2.49. The van der Waals surface area contributed by atoms with Crippen LogP contribution in [0.25, 0.3) is 11.1 Å². The molecule has 9 heteroatoms. The van der Waals surface area contributed by atoms with E-state index in [0.29, 0.717) is 29.9 Å². The first kappa shape index (κ1) is 23.5. The van der Waals surface area contributed by atoms with Crippen LogP contribution >= 0.6 is 0 Å². The lowest BCUT2D eigenvalue weighted by molar-refractivity contribution is -0.140. The van der Waals surface area contributed by atoms with E-state index in [-0.39, 0.29) is 36.9 Å². The quantitative estimate of drug-likeness (QED) is 0.586. The largest absolute Gasteiger partial charge is 0.396 e. The maximum atomic E-state index is 14.1. The summed E-state index contributed by atoms with van der Waals surface area (Å²) < 4.78 is 1.68. The number of aliphatic hydroxyl groups excluding tert-OH is 1. The number of aromatic nitrogens is 3. The molecule has 0 aliphatic carbocycles. The van der Waals surface area contributed by atoms with E-state index in [9.17, 15) is 19.5 Å². The fourth-order valence-corrected chi connectivity index (χ4v) is 6.46. The van der Waals surface area contributed by atoms with Gasteiger partial charge in [-0.25, -0.2) is 9.97 Å². The van der Waals surface area contributed by atoms with E-state index in [2.05, 4.69) is 16.0 Å². The Hall–Kier alpha value is -3.85. The van der Waals surface area contributed by atoms with Gasteiger partial charge in [0.1, 0.15) is 6.33 Å². The lowest BCUT2D eigenvalue weighted by atomic mass is 9.85. The van der Waals surface area contributed by atoms with Crippen molar-refractivity contribution in [2.24, 2.45) is 11.8 Å². The molecule has 9 nitrogen and oxygen atoms in total. The number of aliphatic hydroxyl groups is 1. The standard InChI is InChI=1S/C28H29N5O4/c1-2-24(35)33-23-14-32-22(8-7-20(27(32)36)19-11-29-16-30-12-19)26(33)25(21(23)15-34)28(37)31-10-9-17-5-3-4-6-18(17)13-31/h3-8,11-12,16,21,23,25-26,34H,2,9-10,13-15H2,1H3/t21-,23-,25+,26+/m1/s1. The second-order valence-electron chi connectivity index (χ2n) is 10.0. The van der Waals surface area contributed by atoms with Crippen LogP contribution in [0.1, 0.15) is 36.2 Å². The van der Waals surface area contributed by atoms with Crippen LogP contribution in [0.3, 0.4) is 0 Å². The van der Waals surface area contributed by atoms with Gasteiger partial charge in [-0.1, -0.05) is 31.2 Å². The van der Waals surface area contributed by atoms with Crippen LogP contribution in [0.15, 0.2) is 59.9 Å². The first-order valence-corrected chi connectivity index (χ1v) is 12.8. The van der Waals surface area contributed by atoms with Gasteiger partial charge in [-0.15, -0.1) is 0 Å². The molecule has 37 heavy (non-hydrogen) atoms. The number of hydrogen-bond acceptors (Lipinski definition) is 6. The summed E-state index contributed by atoms with van der Waals surface area (Å²) in [5.41, 5.74) is 3.87. The van der Waals surface area contributed by atoms with Crippen LogP contribution in [0, 0.1) is 11.8 Å². The van der Waals surface area contributed by atoms with Crippen molar-refractivity contribution in [2.45, 2.75) is 44.9 Å². The summed E-state index contributed by atoms with van der Waals surface area (Å²) in [4.78, 5) is 52.7. The highest BCUT2D eigenvalue weighted by molar-refractivity contribution is 5.84. The highest BCUT2D eigenvalue weighted by Crippen LogP contribution is 2.49. The molecule has 2 aromatic heterocycles. The summed E-state index contributed by atoms with van der Waals surface area (Å²) >= 11 is 0. The van der Waals surface area contributed by atoms with Crippen molar-refractivity contribution in [2.75, 3.05) is 13.2 Å². The third-order valence-corrected chi connectivity index (χ3v) is 8.23. The molecular weight excluding hydrogens is 470 g/mol. The van der Waals surface area contributed by atoms with Crippen LogP contribution < -0.4 is 5.56 Å². The van der Waals surface area contributed by atoms with Gasteiger partial charge < -0.3 is 19.5 Å². The molecule has 190 valence electrons. The van der Waals surface area contributed by atoms with E-state index in [1.165, 1.54) is 11.9 Å². The summed E-state index contributed by atoms with van der Waals surface area (Å²) in [6.45, 7) is 2.88. The van der Waals surface area contributed by atoms with E-state index in [1.807, 2.05) is 29.2 Å². The molecular formula is C28H29N5O4. The topological polar surface area (TPSA) is 109 Å². The highest BCUT2D eigenvalue weighted by Gasteiger charge is 2.57. The second kappa shape index (κ2) is 9.23. The number of nitrogens with zero attached hydrogens (tertiary/aromatic N) is 5. The normalized spacial score (nSPS) is 23.9. The maximum Gasteiger partial charge on any atom is 0.258 e. The molecule has 1 fully saturated rings. The van der Waals surface area contributed by atoms with E-state index in [0.717, 1.165) is 12.0 Å². The molecule has 3 aliphatic rings. The molecule has 5 heterocycles. The van der Waals surface area contributed by atoms with Crippen molar-refractivity contribution < 1.29 is 14.7 Å². The zero-order chi connectivity index (χ0) is 25.7. The Kier molecular flexibility index (Phi) is 5.87. The van der Waals surface area contributed by atoms with Gasteiger partial charge in [0, 0.05) is 62.2 Å². The smallest absolute Gasteiger partial charge is 0.258 e. The molecule has 0 unspecified atom stereocenters. The average molecular weight is 500 g/mol. The van der Waals surface area contributed by atoms with Gasteiger partial charge in [-0.05, 0) is 29.7 Å². The van der Waals surface area contributed by atoms with Crippen LogP contribution in [-0.4, -0.2) is 60.4 Å². The van der Waals surface area contributed by atoms with Crippen molar-refractivity contribution in [3.8, 4) is 11.1 Å². The van der Waals surface area contributed by atoms with E-state index in [1.54, 1.807) is 34.9 Å². The molecule has 3 aliphatic heterocycles. The maximum absolute atomic E-state index is 14.1. The SMILES string of the molecule is CCC(=O)N1[C@@H]2Cn3c(ccc(-c4cncnc4)c3=O)[C@H]1[C@@H](C(=O)N1CCc3ccccc3C1)[C@@H]2CO. The van der Waals surface area contributed by atoms with Crippen LogP contribution in [0.4, 0.5) is 0 Å². The highest BCUT2D eigenvalue weighted by atomic mass is 16.3. The van der Waals surface area contributed by atoms with Crippen LogP contribution in [0.5, 0.6) is 0 Å². The molecule has 2 bridgehead atoms. The Morgan fingerprint density at radius 2 is 1.84 bits per heavy atom. The van der Waals surface area contributed by atoms with Gasteiger partial charge in [0.05, 0.1) is 23.6 Å². The van der Waals surface area contributed by atoms with Crippen molar-refractivity contribution in [3.63, 3.8) is 0 Å². The van der Waals surface area contributed by atoms with Gasteiger partial charge >= 0.3 is 0 Å². The van der Waals surface area contributed by atoms with Crippen molar-refractivity contribution in [3.05, 3.63) is 82.3 Å². The number of hydrogen-bond donors (Lipinski definition) is 1. The Morgan fingerprint density at radius 1 is 1.08 bits per heavy atom. The minimum Gasteiger partial charge on any atom is -0.396 e. The monoisotopic (exact) mass is 499 g/mol. The van der Waals surface area contributed by atoms with Crippen molar-refractivity contribution >= 4 is 11.8 Å². The molecule has 6 rings (SSSR count). The molecule has 1 saturated heterocycles. The Labute approximate surface area is 214 Å². The zero-order valence-electron chi connectivity index (χ0n) is 20.7.